The maximum atomic E-state index is 6.26. The molecule has 1 aliphatic carbocycles. The van der Waals surface area contributed by atoms with Gasteiger partial charge in [0.1, 0.15) is 11.2 Å². The summed E-state index contributed by atoms with van der Waals surface area (Å²) in [5.41, 5.74) is -0.535. The van der Waals surface area contributed by atoms with Gasteiger partial charge in [0.2, 0.25) is 5.79 Å². The van der Waals surface area contributed by atoms with Crippen LogP contribution in [0.25, 0.3) is 0 Å². The molecule has 0 N–H and O–H groups in total. The molecule has 162 valence electrons. The van der Waals surface area contributed by atoms with Crippen LogP contribution >= 0.6 is 0 Å². The highest BCUT2D eigenvalue weighted by Gasteiger charge is 2.52. The van der Waals surface area contributed by atoms with E-state index in [0.29, 0.717) is 5.92 Å². The van der Waals surface area contributed by atoms with Crippen molar-refractivity contribution in [2.75, 3.05) is 0 Å². The lowest BCUT2D eigenvalue weighted by atomic mass is 9.72. The molecule has 2 unspecified atom stereocenters. The Morgan fingerprint density at radius 2 is 0.926 bits per heavy atom. The molecule has 1 aliphatic rings. The SMILES string of the molecule is CCC(CC)(CC)OOC1(OOC(CC)(CC)CC)C(C)CC(C)CC1C. The number of hydrogen-bond donors (Lipinski definition) is 0. The van der Waals surface area contributed by atoms with Crippen molar-refractivity contribution < 1.29 is 19.6 Å². The van der Waals surface area contributed by atoms with Crippen LogP contribution in [-0.4, -0.2) is 17.0 Å². The van der Waals surface area contributed by atoms with E-state index in [4.69, 9.17) is 19.6 Å². The zero-order chi connectivity index (χ0) is 20.7. The number of rotatable bonds is 12. The van der Waals surface area contributed by atoms with E-state index >= 15 is 0 Å². The van der Waals surface area contributed by atoms with E-state index in [1.54, 1.807) is 0 Å². The maximum absolute atomic E-state index is 6.26. The van der Waals surface area contributed by atoms with Crippen LogP contribution < -0.4 is 0 Å². The minimum absolute atomic E-state index is 0.197. The molecule has 0 aliphatic heterocycles. The van der Waals surface area contributed by atoms with Crippen molar-refractivity contribution in [3.8, 4) is 0 Å². The first-order valence-corrected chi connectivity index (χ1v) is 11.5. The van der Waals surface area contributed by atoms with Crippen molar-refractivity contribution in [2.45, 2.75) is 131 Å². The largest absolute Gasteiger partial charge is 0.239 e. The first-order chi connectivity index (χ1) is 12.7. The maximum Gasteiger partial charge on any atom is 0.239 e. The van der Waals surface area contributed by atoms with Gasteiger partial charge in [0, 0.05) is 11.8 Å². The number of hydrogen-bond acceptors (Lipinski definition) is 4. The monoisotopic (exact) mass is 386 g/mol. The van der Waals surface area contributed by atoms with Crippen molar-refractivity contribution in [1.29, 1.82) is 0 Å². The van der Waals surface area contributed by atoms with Gasteiger partial charge in [0.25, 0.3) is 0 Å². The summed E-state index contributed by atoms with van der Waals surface area (Å²) in [7, 11) is 0. The fraction of sp³-hybridized carbons (Fsp3) is 1.00. The topological polar surface area (TPSA) is 36.9 Å². The van der Waals surface area contributed by atoms with Crippen LogP contribution in [0.4, 0.5) is 0 Å². The van der Waals surface area contributed by atoms with Crippen molar-refractivity contribution >= 4 is 0 Å². The zero-order valence-corrected chi connectivity index (χ0v) is 19.5. The minimum Gasteiger partial charge on any atom is -0.227 e. The summed E-state index contributed by atoms with van der Waals surface area (Å²) in [4.78, 5) is 24.8. The van der Waals surface area contributed by atoms with Crippen LogP contribution in [-0.2, 0) is 19.6 Å². The highest BCUT2D eigenvalue weighted by molar-refractivity contribution is 4.89. The van der Waals surface area contributed by atoms with Crippen LogP contribution in [0.5, 0.6) is 0 Å². The van der Waals surface area contributed by atoms with Gasteiger partial charge in [0.15, 0.2) is 0 Å². The van der Waals surface area contributed by atoms with Crippen molar-refractivity contribution in [3.63, 3.8) is 0 Å². The van der Waals surface area contributed by atoms with Crippen molar-refractivity contribution in [1.82, 2.24) is 0 Å². The van der Waals surface area contributed by atoms with Gasteiger partial charge in [-0.3, -0.25) is 0 Å². The second-order valence-electron chi connectivity index (χ2n) is 8.92. The first kappa shape index (κ1) is 24.9. The summed E-state index contributed by atoms with van der Waals surface area (Å²) in [5, 5.41) is 0. The summed E-state index contributed by atoms with van der Waals surface area (Å²) in [5.74, 6) is 0.185. The van der Waals surface area contributed by atoms with Crippen LogP contribution in [0.3, 0.4) is 0 Å². The predicted molar refractivity (Wildman–Crippen MR) is 111 cm³/mol. The van der Waals surface area contributed by atoms with E-state index < -0.39 is 5.79 Å². The molecule has 0 aromatic carbocycles. The van der Waals surface area contributed by atoms with Gasteiger partial charge in [-0.25, -0.2) is 9.78 Å². The second-order valence-corrected chi connectivity index (χ2v) is 8.92. The molecule has 0 amide bonds. The van der Waals surface area contributed by atoms with Gasteiger partial charge < -0.3 is 0 Å². The van der Waals surface area contributed by atoms with Crippen LogP contribution in [0.2, 0.25) is 0 Å². The average molecular weight is 387 g/mol. The third-order valence-electron chi connectivity index (χ3n) is 7.45. The molecular formula is C23H46O4. The third kappa shape index (κ3) is 5.46. The molecule has 0 spiro atoms. The molecule has 1 rings (SSSR count). The van der Waals surface area contributed by atoms with Crippen molar-refractivity contribution in [2.24, 2.45) is 17.8 Å². The molecule has 0 heterocycles. The zero-order valence-electron chi connectivity index (χ0n) is 19.5. The molecule has 0 aromatic heterocycles. The highest BCUT2D eigenvalue weighted by Crippen LogP contribution is 2.46. The Bertz CT molecular complexity index is 360. The molecule has 4 nitrogen and oxygen atoms in total. The van der Waals surface area contributed by atoms with Crippen LogP contribution in [0, 0.1) is 17.8 Å². The lowest BCUT2D eigenvalue weighted by molar-refractivity contribution is -0.571. The molecule has 2 atom stereocenters. The van der Waals surface area contributed by atoms with E-state index in [0.717, 1.165) is 51.4 Å². The van der Waals surface area contributed by atoms with Gasteiger partial charge in [-0.05, 0) is 57.3 Å². The standard InChI is InChI=1S/C23H46O4/c1-10-21(11-2,12-3)24-26-23(19(8)16-18(7)17-20(23)9)27-25-22(13-4,14-5)15-6/h18-20H,10-17H2,1-9H3. The van der Waals surface area contributed by atoms with Gasteiger partial charge in [-0.1, -0.05) is 62.3 Å². The van der Waals surface area contributed by atoms with Crippen LogP contribution in [0.1, 0.15) is 114 Å². The fourth-order valence-corrected chi connectivity index (χ4v) is 4.62. The van der Waals surface area contributed by atoms with E-state index in [-0.39, 0.29) is 23.0 Å². The molecule has 0 radical (unpaired) electrons. The Kier molecular flexibility index (Phi) is 9.74. The van der Waals surface area contributed by atoms with Gasteiger partial charge in [-0.15, -0.1) is 0 Å². The fourth-order valence-electron chi connectivity index (χ4n) is 4.62. The summed E-state index contributed by atoms with van der Waals surface area (Å²) in [6, 6.07) is 0. The van der Waals surface area contributed by atoms with Gasteiger partial charge in [0.05, 0.1) is 0 Å². The summed E-state index contributed by atoms with van der Waals surface area (Å²) < 4.78 is 0. The normalized spacial score (nSPS) is 26.3. The molecular weight excluding hydrogens is 340 g/mol. The minimum atomic E-state index is -0.859. The first-order valence-electron chi connectivity index (χ1n) is 11.5. The molecule has 1 saturated carbocycles. The Hall–Kier alpha value is -0.160. The Morgan fingerprint density at radius 1 is 0.630 bits per heavy atom. The van der Waals surface area contributed by atoms with E-state index in [9.17, 15) is 0 Å². The Morgan fingerprint density at radius 3 is 1.19 bits per heavy atom. The smallest absolute Gasteiger partial charge is 0.227 e. The quantitative estimate of drug-likeness (QED) is 0.201. The van der Waals surface area contributed by atoms with Gasteiger partial charge >= 0.3 is 0 Å². The predicted octanol–water partition coefficient (Wildman–Crippen LogP) is 7.22. The van der Waals surface area contributed by atoms with Crippen molar-refractivity contribution in [3.05, 3.63) is 0 Å². The summed E-state index contributed by atoms with van der Waals surface area (Å²) >= 11 is 0. The lowest BCUT2D eigenvalue weighted by Crippen LogP contribution is -2.54. The molecule has 27 heavy (non-hydrogen) atoms. The molecule has 0 saturated heterocycles. The second kappa shape index (κ2) is 10.6. The lowest BCUT2D eigenvalue weighted by Gasteiger charge is -2.48. The Labute approximate surface area is 168 Å². The molecule has 4 heteroatoms. The summed E-state index contributed by atoms with van der Waals surface area (Å²) in [6.07, 6.45) is 7.59. The Balaban J connectivity index is 3.10. The molecule has 0 aromatic rings. The van der Waals surface area contributed by atoms with E-state index in [2.05, 4.69) is 62.3 Å². The van der Waals surface area contributed by atoms with E-state index in [1.165, 1.54) is 0 Å². The average Bonchev–Trinajstić information content (AvgIpc) is 2.67. The molecule has 0 bridgehead atoms. The van der Waals surface area contributed by atoms with E-state index in [1.807, 2.05) is 0 Å². The molecule has 1 fully saturated rings. The third-order valence-corrected chi connectivity index (χ3v) is 7.45. The van der Waals surface area contributed by atoms with Gasteiger partial charge in [-0.2, -0.15) is 9.78 Å². The highest BCUT2D eigenvalue weighted by atomic mass is 17.3. The van der Waals surface area contributed by atoms with Crippen LogP contribution in [0.15, 0.2) is 0 Å². The summed E-state index contributed by atoms with van der Waals surface area (Å²) in [6.45, 7) is 19.7.